The molecule has 54 valence electrons. The number of aromatic nitrogens is 3. The van der Waals surface area contributed by atoms with Gasteiger partial charge in [-0.15, -0.1) is 0 Å². The lowest BCUT2D eigenvalue weighted by molar-refractivity contribution is 1.28. The van der Waals surface area contributed by atoms with Gasteiger partial charge in [0.1, 0.15) is 5.52 Å². The summed E-state index contributed by atoms with van der Waals surface area (Å²) in [4.78, 5) is 11.5. The van der Waals surface area contributed by atoms with Crippen LogP contribution >= 0.6 is 15.9 Å². The van der Waals surface area contributed by atoms with Crippen molar-refractivity contribution in [1.82, 2.24) is 15.0 Å². The Balaban J connectivity index is 2.82. The highest BCUT2D eigenvalue weighted by atomic mass is 79.9. The van der Waals surface area contributed by atoms with E-state index >= 15 is 0 Å². The Hall–Kier alpha value is -0.835. The van der Waals surface area contributed by atoms with Crippen LogP contribution in [0.4, 0.5) is 0 Å². The van der Waals surface area contributed by atoms with Crippen LogP contribution in [-0.2, 0) is 0 Å². The Kier molecular flexibility index (Phi) is 1.46. The van der Waals surface area contributed by atoms with E-state index in [1.54, 1.807) is 6.20 Å². The molecule has 0 unspecified atom stereocenters. The second-order valence-corrected chi connectivity index (χ2v) is 3.22. The van der Waals surface area contributed by atoms with Crippen LogP contribution in [0.1, 0.15) is 0 Å². The van der Waals surface area contributed by atoms with Crippen LogP contribution in [0, 0.1) is 0 Å². The summed E-state index contributed by atoms with van der Waals surface area (Å²) in [6, 6.07) is 1.91. The molecule has 0 aliphatic heterocycles. The molecular weight excluding hydrogens is 205 g/mol. The number of rotatable bonds is 0. The van der Waals surface area contributed by atoms with Gasteiger partial charge in [-0.2, -0.15) is 0 Å². The molecular formula is C6H5BBrN3. The van der Waals surface area contributed by atoms with Crippen molar-refractivity contribution in [3.8, 4) is 0 Å². The maximum Gasteiger partial charge on any atom is 0.166 e. The Labute approximate surface area is 72.8 Å². The van der Waals surface area contributed by atoms with Gasteiger partial charge in [0.2, 0.25) is 0 Å². The fourth-order valence-corrected chi connectivity index (χ4v) is 1.37. The minimum absolute atomic E-state index is 0.822. The SMILES string of the molecule is Bc1cnc2[nH]c(Br)cc2n1. The smallest absolute Gasteiger partial charge is 0.166 e. The Morgan fingerprint density at radius 1 is 1.55 bits per heavy atom. The van der Waals surface area contributed by atoms with E-state index in [4.69, 9.17) is 0 Å². The lowest BCUT2D eigenvalue weighted by atomic mass is 10.1. The van der Waals surface area contributed by atoms with Gasteiger partial charge in [0, 0.05) is 11.8 Å². The van der Waals surface area contributed by atoms with E-state index in [9.17, 15) is 0 Å². The van der Waals surface area contributed by atoms with Crippen LogP contribution < -0.4 is 5.59 Å². The summed E-state index contributed by atoms with van der Waals surface area (Å²) in [6.07, 6.45) is 1.74. The number of hydrogen-bond acceptors (Lipinski definition) is 2. The molecule has 2 heterocycles. The topological polar surface area (TPSA) is 41.6 Å². The number of H-pyrrole nitrogens is 1. The molecule has 0 spiro atoms. The first-order valence-electron chi connectivity index (χ1n) is 3.23. The van der Waals surface area contributed by atoms with Gasteiger partial charge in [0.15, 0.2) is 13.5 Å². The minimum atomic E-state index is 0.822. The van der Waals surface area contributed by atoms with Crippen molar-refractivity contribution in [2.24, 2.45) is 0 Å². The van der Waals surface area contributed by atoms with Gasteiger partial charge in [-0.05, 0) is 22.0 Å². The zero-order valence-electron chi connectivity index (χ0n) is 5.93. The van der Waals surface area contributed by atoms with Gasteiger partial charge in [-0.1, -0.05) is 0 Å². The molecule has 0 aromatic carbocycles. The average Bonchev–Trinajstić information content (AvgIpc) is 2.27. The summed E-state index contributed by atoms with van der Waals surface area (Å²) in [5.74, 6) is 0. The second-order valence-electron chi connectivity index (χ2n) is 2.36. The average molecular weight is 210 g/mol. The molecule has 0 saturated carbocycles. The summed E-state index contributed by atoms with van der Waals surface area (Å²) in [5, 5.41) is 0. The third kappa shape index (κ3) is 1.16. The van der Waals surface area contributed by atoms with Gasteiger partial charge in [0.25, 0.3) is 0 Å². The highest BCUT2D eigenvalue weighted by Crippen LogP contribution is 2.13. The number of aromatic amines is 1. The van der Waals surface area contributed by atoms with Crippen molar-refractivity contribution in [3.63, 3.8) is 0 Å². The first-order valence-corrected chi connectivity index (χ1v) is 4.03. The molecule has 2 aromatic heterocycles. The van der Waals surface area contributed by atoms with Crippen molar-refractivity contribution in [2.45, 2.75) is 0 Å². The summed E-state index contributed by atoms with van der Waals surface area (Å²) in [5.41, 5.74) is 2.66. The molecule has 2 rings (SSSR count). The predicted molar refractivity (Wildman–Crippen MR) is 49.8 cm³/mol. The maximum absolute atomic E-state index is 4.27. The Morgan fingerprint density at radius 2 is 2.36 bits per heavy atom. The van der Waals surface area contributed by atoms with Crippen LogP contribution in [0.15, 0.2) is 16.9 Å². The van der Waals surface area contributed by atoms with E-state index in [2.05, 4.69) is 30.9 Å². The molecule has 0 bridgehead atoms. The van der Waals surface area contributed by atoms with E-state index in [0.29, 0.717) is 0 Å². The summed E-state index contributed by atoms with van der Waals surface area (Å²) in [6.45, 7) is 0. The van der Waals surface area contributed by atoms with Crippen molar-refractivity contribution in [3.05, 3.63) is 16.9 Å². The Morgan fingerprint density at radius 3 is 3.18 bits per heavy atom. The van der Waals surface area contributed by atoms with Gasteiger partial charge in [0.05, 0.1) is 4.60 Å². The summed E-state index contributed by atoms with van der Waals surface area (Å²) in [7, 11) is 1.92. The van der Waals surface area contributed by atoms with Gasteiger partial charge >= 0.3 is 0 Å². The zero-order chi connectivity index (χ0) is 7.84. The monoisotopic (exact) mass is 209 g/mol. The lowest BCUT2D eigenvalue weighted by Gasteiger charge is -1.89. The van der Waals surface area contributed by atoms with Gasteiger partial charge < -0.3 is 4.98 Å². The molecule has 11 heavy (non-hydrogen) atoms. The highest BCUT2D eigenvalue weighted by molar-refractivity contribution is 9.10. The normalized spacial score (nSPS) is 10.6. The molecule has 0 saturated heterocycles. The molecule has 1 N–H and O–H groups in total. The van der Waals surface area contributed by atoms with Crippen molar-refractivity contribution in [2.75, 3.05) is 0 Å². The molecule has 0 aliphatic rings. The summed E-state index contributed by atoms with van der Waals surface area (Å²) < 4.78 is 0.915. The minimum Gasteiger partial charge on any atom is -0.333 e. The maximum atomic E-state index is 4.27. The molecule has 3 nitrogen and oxygen atoms in total. The van der Waals surface area contributed by atoms with Gasteiger partial charge in [-0.25, -0.2) is 4.98 Å². The van der Waals surface area contributed by atoms with Crippen LogP contribution in [0.2, 0.25) is 0 Å². The fraction of sp³-hybridized carbons (Fsp3) is 0. The first kappa shape index (κ1) is 6.85. The zero-order valence-corrected chi connectivity index (χ0v) is 7.51. The van der Waals surface area contributed by atoms with E-state index < -0.39 is 0 Å². The standard InChI is InChI=1S/C6H5BBrN3/c7-4-2-9-6-3(10-4)1-5(8)11-6/h1-2H,7H2,(H,9,11). The second kappa shape index (κ2) is 2.34. The van der Waals surface area contributed by atoms with Crippen molar-refractivity contribution in [1.29, 1.82) is 0 Å². The largest absolute Gasteiger partial charge is 0.333 e. The van der Waals surface area contributed by atoms with Crippen LogP contribution in [0.3, 0.4) is 0 Å². The molecule has 5 heteroatoms. The number of nitrogens with zero attached hydrogens (tertiary/aromatic N) is 2. The van der Waals surface area contributed by atoms with Crippen molar-refractivity contribution >= 4 is 40.5 Å². The van der Waals surface area contributed by atoms with Crippen LogP contribution in [0.5, 0.6) is 0 Å². The third-order valence-electron chi connectivity index (χ3n) is 1.42. The van der Waals surface area contributed by atoms with Crippen molar-refractivity contribution < 1.29 is 0 Å². The van der Waals surface area contributed by atoms with E-state index in [1.165, 1.54) is 0 Å². The Bertz CT molecular complexity index is 398. The fourth-order valence-electron chi connectivity index (χ4n) is 0.962. The summed E-state index contributed by atoms with van der Waals surface area (Å²) >= 11 is 3.31. The van der Waals surface area contributed by atoms with Gasteiger partial charge in [-0.3, -0.25) is 4.98 Å². The molecule has 0 aliphatic carbocycles. The third-order valence-corrected chi connectivity index (χ3v) is 1.85. The van der Waals surface area contributed by atoms with E-state index in [1.807, 2.05) is 13.9 Å². The van der Waals surface area contributed by atoms with Crippen LogP contribution in [0.25, 0.3) is 11.2 Å². The van der Waals surface area contributed by atoms with Crippen LogP contribution in [-0.4, -0.2) is 22.8 Å². The number of nitrogens with one attached hydrogen (secondary N) is 1. The first-order chi connectivity index (χ1) is 5.25. The quantitative estimate of drug-likeness (QED) is 0.620. The van der Waals surface area contributed by atoms with E-state index in [0.717, 1.165) is 21.4 Å². The number of halogens is 1. The van der Waals surface area contributed by atoms with E-state index in [-0.39, 0.29) is 0 Å². The number of hydrogen-bond donors (Lipinski definition) is 1. The number of fused-ring (bicyclic) bond motifs is 1. The molecule has 0 amide bonds. The highest BCUT2D eigenvalue weighted by Gasteiger charge is 1.99. The molecule has 0 fully saturated rings. The predicted octanol–water partition coefficient (Wildman–Crippen LogP) is -0.0212. The lowest BCUT2D eigenvalue weighted by Crippen LogP contribution is -2.07. The molecule has 0 atom stereocenters. The molecule has 2 aromatic rings. The molecule has 0 radical (unpaired) electrons.